The standard InChI is InChI=1S/C7H10O4/c1-5(11-6(2)8)3-4-7(9)10/h3-5H,1-2H3,(H,9,10). The van der Waals surface area contributed by atoms with Gasteiger partial charge in [0.05, 0.1) is 0 Å². The van der Waals surface area contributed by atoms with Crippen LogP contribution >= 0.6 is 0 Å². The summed E-state index contributed by atoms with van der Waals surface area (Å²) in [6, 6.07) is 0. The number of esters is 1. The van der Waals surface area contributed by atoms with E-state index in [1.807, 2.05) is 0 Å². The molecular formula is C7H10O4. The molecule has 62 valence electrons. The number of carboxylic acids is 1. The molecule has 0 spiro atoms. The number of hydrogen-bond acceptors (Lipinski definition) is 3. The molecule has 0 aliphatic rings. The van der Waals surface area contributed by atoms with Crippen LogP contribution in [0.5, 0.6) is 0 Å². The van der Waals surface area contributed by atoms with Crippen LogP contribution < -0.4 is 0 Å². The summed E-state index contributed by atoms with van der Waals surface area (Å²) in [4.78, 5) is 20.3. The summed E-state index contributed by atoms with van der Waals surface area (Å²) in [5.41, 5.74) is 0. The average Bonchev–Trinajstić information content (AvgIpc) is 1.82. The Morgan fingerprint density at radius 1 is 1.55 bits per heavy atom. The topological polar surface area (TPSA) is 63.6 Å². The van der Waals surface area contributed by atoms with Gasteiger partial charge in [-0.1, -0.05) is 0 Å². The van der Waals surface area contributed by atoms with E-state index in [4.69, 9.17) is 5.11 Å². The van der Waals surface area contributed by atoms with Crippen LogP contribution in [0.25, 0.3) is 0 Å². The minimum absolute atomic E-state index is 0.424. The molecule has 0 aliphatic heterocycles. The van der Waals surface area contributed by atoms with Crippen molar-refractivity contribution in [3.63, 3.8) is 0 Å². The molecule has 1 unspecified atom stereocenters. The lowest BCUT2D eigenvalue weighted by Gasteiger charge is -2.04. The number of carbonyl (C=O) groups excluding carboxylic acids is 1. The van der Waals surface area contributed by atoms with Gasteiger partial charge >= 0.3 is 11.9 Å². The van der Waals surface area contributed by atoms with Crippen molar-refractivity contribution in [1.82, 2.24) is 0 Å². The summed E-state index contributed by atoms with van der Waals surface area (Å²) >= 11 is 0. The van der Waals surface area contributed by atoms with Crippen LogP contribution in [0.4, 0.5) is 0 Å². The minimum Gasteiger partial charge on any atom is -0.478 e. The van der Waals surface area contributed by atoms with Crippen molar-refractivity contribution in [3.05, 3.63) is 12.2 Å². The summed E-state index contributed by atoms with van der Waals surface area (Å²) in [5, 5.41) is 8.17. The normalized spacial score (nSPS) is 12.9. The number of carboxylic acid groups (broad SMARTS) is 1. The van der Waals surface area contributed by atoms with E-state index in [0.29, 0.717) is 0 Å². The van der Waals surface area contributed by atoms with Crippen molar-refractivity contribution >= 4 is 11.9 Å². The Morgan fingerprint density at radius 3 is 2.45 bits per heavy atom. The molecule has 4 nitrogen and oxygen atoms in total. The van der Waals surface area contributed by atoms with E-state index in [2.05, 4.69) is 4.74 Å². The highest BCUT2D eigenvalue weighted by molar-refractivity contribution is 5.79. The van der Waals surface area contributed by atoms with Crippen molar-refractivity contribution in [2.24, 2.45) is 0 Å². The van der Waals surface area contributed by atoms with Gasteiger partial charge in [-0.05, 0) is 13.0 Å². The molecule has 0 bridgehead atoms. The smallest absolute Gasteiger partial charge is 0.328 e. The second kappa shape index (κ2) is 4.49. The van der Waals surface area contributed by atoms with Gasteiger partial charge in [-0.3, -0.25) is 4.79 Å². The van der Waals surface area contributed by atoms with Crippen LogP contribution in [0, 0.1) is 0 Å². The number of hydrogen-bond donors (Lipinski definition) is 1. The molecule has 0 heterocycles. The van der Waals surface area contributed by atoms with E-state index in [1.165, 1.54) is 13.0 Å². The lowest BCUT2D eigenvalue weighted by Crippen LogP contribution is -2.09. The maximum Gasteiger partial charge on any atom is 0.328 e. The van der Waals surface area contributed by atoms with Crippen LogP contribution in [0.1, 0.15) is 13.8 Å². The fourth-order valence-electron chi connectivity index (χ4n) is 0.519. The molecular weight excluding hydrogens is 148 g/mol. The molecule has 0 amide bonds. The summed E-state index contributed by atoms with van der Waals surface area (Å²) in [5.74, 6) is -1.48. The maximum absolute atomic E-state index is 10.3. The van der Waals surface area contributed by atoms with Crippen LogP contribution in [-0.4, -0.2) is 23.1 Å². The van der Waals surface area contributed by atoms with E-state index in [9.17, 15) is 9.59 Å². The molecule has 0 radical (unpaired) electrons. The Kier molecular flexibility index (Phi) is 3.95. The van der Waals surface area contributed by atoms with Crippen LogP contribution in [0.3, 0.4) is 0 Å². The lowest BCUT2D eigenvalue weighted by molar-refractivity contribution is -0.143. The highest BCUT2D eigenvalue weighted by Crippen LogP contribution is 1.92. The van der Waals surface area contributed by atoms with Gasteiger partial charge in [0, 0.05) is 13.0 Å². The SMILES string of the molecule is CC(=O)OC(C)C=CC(=O)O. The highest BCUT2D eigenvalue weighted by Gasteiger charge is 1.99. The molecule has 0 aromatic rings. The van der Waals surface area contributed by atoms with Crippen molar-refractivity contribution < 1.29 is 19.4 Å². The van der Waals surface area contributed by atoms with E-state index in [-0.39, 0.29) is 0 Å². The summed E-state index contributed by atoms with van der Waals surface area (Å²) in [6.45, 7) is 2.85. The predicted octanol–water partition coefficient (Wildman–Crippen LogP) is 0.579. The van der Waals surface area contributed by atoms with Gasteiger partial charge in [-0.25, -0.2) is 4.79 Å². The number of carbonyl (C=O) groups is 2. The zero-order valence-corrected chi connectivity index (χ0v) is 6.40. The third-order valence-corrected chi connectivity index (χ3v) is 0.862. The Morgan fingerprint density at radius 2 is 2.09 bits per heavy atom. The Labute approximate surface area is 64.5 Å². The first-order chi connectivity index (χ1) is 5.02. The first-order valence-electron chi connectivity index (χ1n) is 3.10. The fourth-order valence-corrected chi connectivity index (χ4v) is 0.519. The molecule has 1 atom stereocenters. The van der Waals surface area contributed by atoms with Gasteiger partial charge in [0.15, 0.2) is 0 Å². The third kappa shape index (κ3) is 6.57. The Hall–Kier alpha value is -1.32. The summed E-state index contributed by atoms with van der Waals surface area (Å²) < 4.78 is 4.61. The molecule has 11 heavy (non-hydrogen) atoms. The summed E-state index contributed by atoms with van der Waals surface area (Å²) in [6.07, 6.45) is 1.75. The van der Waals surface area contributed by atoms with Gasteiger partial charge in [0.2, 0.25) is 0 Å². The molecule has 4 heteroatoms. The summed E-state index contributed by atoms with van der Waals surface area (Å²) in [7, 11) is 0. The van der Waals surface area contributed by atoms with Gasteiger partial charge in [0.1, 0.15) is 6.10 Å². The third-order valence-electron chi connectivity index (χ3n) is 0.862. The number of rotatable bonds is 3. The van der Waals surface area contributed by atoms with Crippen LogP contribution in [0.15, 0.2) is 12.2 Å². The van der Waals surface area contributed by atoms with Crippen molar-refractivity contribution in [2.45, 2.75) is 20.0 Å². The maximum atomic E-state index is 10.3. The zero-order valence-electron chi connectivity index (χ0n) is 6.40. The van der Waals surface area contributed by atoms with Gasteiger partial charge in [0.25, 0.3) is 0 Å². The number of aliphatic carboxylic acids is 1. The highest BCUT2D eigenvalue weighted by atomic mass is 16.5. The average molecular weight is 158 g/mol. The van der Waals surface area contributed by atoms with E-state index < -0.39 is 18.0 Å². The molecule has 0 saturated carbocycles. The fraction of sp³-hybridized carbons (Fsp3) is 0.429. The van der Waals surface area contributed by atoms with E-state index >= 15 is 0 Å². The molecule has 0 saturated heterocycles. The minimum atomic E-state index is -1.05. The van der Waals surface area contributed by atoms with E-state index in [1.54, 1.807) is 6.92 Å². The molecule has 0 fully saturated rings. The lowest BCUT2D eigenvalue weighted by atomic mass is 10.3. The second-order valence-electron chi connectivity index (χ2n) is 2.01. The zero-order chi connectivity index (χ0) is 8.85. The quantitative estimate of drug-likeness (QED) is 0.482. The van der Waals surface area contributed by atoms with E-state index in [0.717, 1.165) is 6.08 Å². The Bertz CT molecular complexity index is 183. The molecule has 0 aromatic carbocycles. The molecule has 1 N–H and O–H groups in total. The van der Waals surface area contributed by atoms with Crippen LogP contribution in [-0.2, 0) is 14.3 Å². The monoisotopic (exact) mass is 158 g/mol. The van der Waals surface area contributed by atoms with Gasteiger partial charge in [-0.15, -0.1) is 0 Å². The first-order valence-corrected chi connectivity index (χ1v) is 3.10. The van der Waals surface area contributed by atoms with Gasteiger partial charge < -0.3 is 9.84 Å². The van der Waals surface area contributed by atoms with Gasteiger partial charge in [-0.2, -0.15) is 0 Å². The van der Waals surface area contributed by atoms with Crippen LogP contribution in [0.2, 0.25) is 0 Å². The Balaban J connectivity index is 3.77. The molecule has 0 aromatic heterocycles. The predicted molar refractivity (Wildman–Crippen MR) is 38.0 cm³/mol. The van der Waals surface area contributed by atoms with Crippen molar-refractivity contribution in [3.8, 4) is 0 Å². The largest absolute Gasteiger partial charge is 0.478 e. The molecule has 0 aliphatic carbocycles. The molecule has 0 rings (SSSR count). The van der Waals surface area contributed by atoms with Crippen molar-refractivity contribution in [2.75, 3.05) is 0 Å². The first kappa shape index (κ1) is 9.68. The van der Waals surface area contributed by atoms with Crippen molar-refractivity contribution in [1.29, 1.82) is 0 Å². The second-order valence-corrected chi connectivity index (χ2v) is 2.01. The number of ether oxygens (including phenoxy) is 1.